The van der Waals surface area contributed by atoms with E-state index in [9.17, 15) is 27.2 Å². The minimum atomic E-state index is -2.06. The quantitative estimate of drug-likeness (QED) is 0.363. The van der Waals surface area contributed by atoms with Crippen LogP contribution in [0.25, 0.3) is 0 Å². The molecule has 1 aromatic carbocycles. The zero-order chi connectivity index (χ0) is 16.2. The molecular formula is C13H13F4NO3. The van der Waals surface area contributed by atoms with Gasteiger partial charge in [0.2, 0.25) is 0 Å². The largest absolute Gasteiger partial charge is 0.466 e. The molecule has 0 aliphatic rings. The number of hydrogen-bond donors (Lipinski definition) is 0. The smallest absolute Gasteiger partial charge is 0.307 e. The summed E-state index contributed by atoms with van der Waals surface area (Å²) >= 11 is 0. The van der Waals surface area contributed by atoms with E-state index in [4.69, 9.17) is 0 Å². The average Bonchev–Trinajstić information content (AvgIpc) is 2.46. The Labute approximate surface area is 118 Å². The zero-order valence-electron chi connectivity index (χ0n) is 11.4. The molecule has 116 valence electrons. The Morgan fingerprint density at radius 1 is 1.14 bits per heavy atom. The Kier molecular flexibility index (Phi) is 5.69. The van der Waals surface area contributed by atoms with Gasteiger partial charge in [0.05, 0.1) is 18.6 Å². The highest BCUT2D eigenvalue weighted by atomic mass is 19.2. The van der Waals surface area contributed by atoms with E-state index in [1.165, 1.54) is 7.05 Å². The number of halogens is 4. The van der Waals surface area contributed by atoms with Crippen LogP contribution in [0.15, 0.2) is 6.07 Å². The minimum Gasteiger partial charge on any atom is -0.466 e. The first kappa shape index (κ1) is 16.9. The van der Waals surface area contributed by atoms with E-state index in [1.807, 2.05) is 0 Å². The molecule has 0 radical (unpaired) electrons. The first-order valence-electron chi connectivity index (χ1n) is 6.03. The van der Waals surface area contributed by atoms with Gasteiger partial charge in [0.25, 0.3) is 5.91 Å². The van der Waals surface area contributed by atoms with E-state index >= 15 is 0 Å². The number of benzene rings is 1. The van der Waals surface area contributed by atoms with Crippen LogP contribution >= 0.6 is 0 Å². The van der Waals surface area contributed by atoms with Crippen LogP contribution in [0, 0.1) is 23.3 Å². The number of amides is 1. The Bertz CT molecular complexity index is 563. The molecule has 0 atom stereocenters. The monoisotopic (exact) mass is 307 g/mol. The van der Waals surface area contributed by atoms with Gasteiger partial charge >= 0.3 is 5.97 Å². The van der Waals surface area contributed by atoms with E-state index in [0.717, 1.165) is 4.90 Å². The summed E-state index contributed by atoms with van der Waals surface area (Å²) in [7, 11) is 1.21. The first-order valence-corrected chi connectivity index (χ1v) is 6.03. The van der Waals surface area contributed by atoms with Crippen LogP contribution in [0.2, 0.25) is 0 Å². The van der Waals surface area contributed by atoms with Crippen LogP contribution in [0.4, 0.5) is 17.6 Å². The molecule has 21 heavy (non-hydrogen) atoms. The highest BCUT2D eigenvalue weighted by molar-refractivity contribution is 5.94. The van der Waals surface area contributed by atoms with E-state index in [2.05, 4.69) is 4.74 Å². The number of ether oxygens (including phenoxy) is 1. The van der Waals surface area contributed by atoms with Gasteiger partial charge < -0.3 is 9.64 Å². The topological polar surface area (TPSA) is 46.6 Å². The molecule has 0 saturated heterocycles. The lowest BCUT2D eigenvalue weighted by molar-refractivity contribution is -0.143. The van der Waals surface area contributed by atoms with Crippen molar-refractivity contribution < 1.29 is 31.9 Å². The normalized spacial score (nSPS) is 10.4. The van der Waals surface area contributed by atoms with E-state index in [0.29, 0.717) is 0 Å². The van der Waals surface area contributed by atoms with Crippen molar-refractivity contribution in [1.82, 2.24) is 4.90 Å². The van der Waals surface area contributed by atoms with Gasteiger partial charge in [-0.25, -0.2) is 17.6 Å². The lowest BCUT2D eigenvalue weighted by Crippen LogP contribution is -2.30. The molecule has 0 spiro atoms. The number of nitrogens with zero attached hydrogens (tertiary/aromatic N) is 1. The van der Waals surface area contributed by atoms with Crippen LogP contribution < -0.4 is 0 Å². The third kappa shape index (κ3) is 3.93. The van der Waals surface area contributed by atoms with Crippen LogP contribution in [-0.2, 0) is 9.53 Å². The molecule has 4 nitrogen and oxygen atoms in total. The van der Waals surface area contributed by atoms with Gasteiger partial charge in [-0.15, -0.1) is 0 Å². The SMILES string of the molecule is CCOC(=O)CCN(C)C(=O)c1cc(F)c(F)c(F)c1F. The van der Waals surface area contributed by atoms with Crippen LogP contribution in [0.3, 0.4) is 0 Å². The van der Waals surface area contributed by atoms with Crippen molar-refractivity contribution in [2.45, 2.75) is 13.3 Å². The average molecular weight is 307 g/mol. The highest BCUT2D eigenvalue weighted by Gasteiger charge is 2.25. The molecule has 1 rings (SSSR count). The maximum Gasteiger partial charge on any atom is 0.307 e. The third-order valence-electron chi connectivity index (χ3n) is 2.64. The van der Waals surface area contributed by atoms with Gasteiger partial charge in [0, 0.05) is 13.6 Å². The summed E-state index contributed by atoms with van der Waals surface area (Å²) in [5.74, 6) is -9.14. The molecule has 0 bridgehead atoms. The molecular weight excluding hydrogens is 294 g/mol. The first-order chi connectivity index (χ1) is 9.79. The number of hydrogen-bond acceptors (Lipinski definition) is 3. The van der Waals surface area contributed by atoms with Crippen LogP contribution in [0.5, 0.6) is 0 Å². The fraction of sp³-hybridized carbons (Fsp3) is 0.385. The molecule has 8 heteroatoms. The van der Waals surface area contributed by atoms with Gasteiger partial charge in [0.15, 0.2) is 23.3 Å². The summed E-state index contributed by atoms with van der Waals surface area (Å²) in [6.07, 6.45) is -0.163. The summed E-state index contributed by atoms with van der Waals surface area (Å²) in [5, 5.41) is 0. The molecule has 0 heterocycles. The van der Waals surface area contributed by atoms with Gasteiger partial charge in [0.1, 0.15) is 0 Å². The molecule has 0 aliphatic carbocycles. The predicted octanol–water partition coefficient (Wildman–Crippen LogP) is 2.27. The number of carbonyl (C=O) groups excluding carboxylic acids is 2. The molecule has 0 N–H and O–H groups in total. The third-order valence-corrected chi connectivity index (χ3v) is 2.64. The predicted molar refractivity (Wildman–Crippen MR) is 64.5 cm³/mol. The maximum atomic E-state index is 13.5. The molecule has 0 aromatic heterocycles. The molecule has 0 unspecified atom stereocenters. The summed E-state index contributed by atoms with van der Waals surface area (Å²) in [6, 6.07) is 0.275. The molecule has 0 fully saturated rings. The molecule has 0 saturated carbocycles. The highest BCUT2D eigenvalue weighted by Crippen LogP contribution is 2.19. The fourth-order valence-corrected chi connectivity index (χ4v) is 1.53. The van der Waals surface area contributed by atoms with Gasteiger partial charge in [-0.3, -0.25) is 9.59 Å². The van der Waals surface area contributed by atoms with Crippen molar-refractivity contribution in [3.63, 3.8) is 0 Å². The number of esters is 1. The lowest BCUT2D eigenvalue weighted by Gasteiger charge is -2.17. The lowest BCUT2D eigenvalue weighted by atomic mass is 10.1. The Morgan fingerprint density at radius 3 is 2.33 bits per heavy atom. The Hall–Kier alpha value is -2.12. The molecule has 1 amide bonds. The van der Waals surface area contributed by atoms with Gasteiger partial charge in [-0.1, -0.05) is 0 Å². The summed E-state index contributed by atoms with van der Waals surface area (Å²) in [6.45, 7) is 1.63. The van der Waals surface area contributed by atoms with Crippen LogP contribution in [0.1, 0.15) is 23.7 Å². The van der Waals surface area contributed by atoms with E-state index in [-0.39, 0.29) is 25.6 Å². The second-order valence-corrected chi connectivity index (χ2v) is 4.13. The van der Waals surface area contributed by atoms with Crippen molar-refractivity contribution in [2.75, 3.05) is 20.2 Å². The van der Waals surface area contributed by atoms with Crippen molar-refractivity contribution in [3.05, 3.63) is 34.9 Å². The molecule has 1 aromatic rings. The standard InChI is InChI=1S/C13H13F4NO3/c1-3-21-9(19)4-5-18(2)13(20)7-6-8(14)11(16)12(17)10(7)15/h6H,3-5H2,1-2H3. The Morgan fingerprint density at radius 2 is 1.76 bits per heavy atom. The summed E-state index contributed by atoms with van der Waals surface area (Å²) in [4.78, 5) is 23.8. The molecule has 0 aliphatic heterocycles. The Balaban J connectivity index is 2.86. The van der Waals surface area contributed by atoms with E-state index < -0.39 is 40.7 Å². The van der Waals surface area contributed by atoms with Gasteiger partial charge in [-0.05, 0) is 13.0 Å². The van der Waals surface area contributed by atoms with Gasteiger partial charge in [-0.2, -0.15) is 0 Å². The minimum absolute atomic E-state index is 0.141. The zero-order valence-corrected chi connectivity index (χ0v) is 11.4. The fourth-order valence-electron chi connectivity index (χ4n) is 1.53. The van der Waals surface area contributed by atoms with Crippen molar-refractivity contribution in [2.24, 2.45) is 0 Å². The number of carbonyl (C=O) groups is 2. The van der Waals surface area contributed by atoms with E-state index in [1.54, 1.807) is 6.92 Å². The summed E-state index contributed by atoms with van der Waals surface area (Å²) < 4.78 is 57.0. The van der Waals surface area contributed by atoms with Crippen molar-refractivity contribution >= 4 is 11.9 Å². The second kappa shape index (κ2) is 7.05. The second-order valence-electron chi connectivity index (χ2n) is 4.13. The van der Waals surface area contributed by atoms with Crippen molar-refractivity contribution in [3.8, 4) is 0 Å². The number of rotatable bonds is 5. The van der Waals surface area contributed by atoms with Crippen molar-refractivity contribution in [1.29, 1.82) is 0 Å². The summed E-state index contributed by atoms with van der Waals surface area (Å²) in [5.41, 5.74) is -0.947. The van der Waals surface area contributed by atoms with Crippen LogP contribution in [-0.4, -0.2) is 37.0 Å². The maximum absolute atomic E-state index is 13.5.